The summed E-state index contributed by atoms with van der Waals surface area (Å²) < 4.78 is 11.0. The van der Waals surface area contributed by atoms with Gasteiger partial charge in [-0.15, -0.1) is 0 Å². The highest BCUT2D eigenvalue weighted by atomic mass is 16.5. The first-order valence-corrected chi connectivity index (χ1v) is 10.9. The Balaban J connectivity index is 1.50. The van der Waals surface area contributed by atoms with Gasteiger partial charge in [0.05, 0.1) is 18.8 Å². The number of anilines is 2. The zero-order valence-electron chi connectivity index (χ0n) is 19.4. The molecule has 4 rings (SSSR count). The van der Waals surface area contributed by atoms with Crippen molar-refractivity contribution in [3.8, 4) is 17.4 Å². The highest BCUT2D eigenvalue weighted by Gasteiger charge is 2.08. The number of pyridine rings is 1. The normalized spacial score (nSPS) is 10.9. The Bertz CT molecular complexity index is 1360. The number of amides is 1. The maximum atomic E-state index is 11.1. The topological polar surface area (TPSA) is 118 Å². The van der Waals surface area contributed by atoms with E-state index in [1.54, 1.807) is 25.4 Å². The fourth-order valence-electron chi connectivity index (χ4n) is 3.35. The number of ether oxygens (including phenoxy) is 2. The molecule has 0 bridgehead atoms. The summed E-state index contributed by atoms with van der Waals surface area (Å²) in [6.07, 6.45) is 6.83. The minimum Gasteiger partial charge on any atom is -0.481 e. The summed E-state index contributed by atoms with van der Waals surface area (Å²) in [6, 6.07) is 15.2. The first-order chi connectivity index (χ1) is 17.1. The molecule has 0 saturated heterocycles. The number of methoxy groups -OCH3 is 1. The number of hydrogen-bond donors (Lipinski definition) is 3. The number of nitrogens with one attached hydrogen (secondary N) is 2. The smallest absolute Gasteiger partial charge is 0.245 e. The molecule has 0 saturated carbocycles. The van der Waals surface area contributed by atoms with Crippen LogP contribution in [0.5, 0.6) is 17.4 Å². The van der Waals surface area contributed by atoms with Crippen LogP contribution in [0.4, 0.5) is 11.5 Å². The zero-order valence-corrected chi connectivity index (χ0v) is 19.4. The van der Waals surface area contributed by atoms with Gasteiger partial charge in [0, 0.05) is 23.7 Å². The number of aromatic nitrogens is 3. The number of aliphatic hydroxyl groups is 1. The number of aryl methyl sites for hydroxylation is 1. The van der Waals surface area contributed by atoms with Gasteiger partial charge in [-0.25, -0.2) is 15.0 Å². The van der Waals surface area contributed by atoms with Crippen molar-refractivity contribution in [1.29, 1.82) is 0 Å². The van der Waals surface area contributed by atoms with Crippen molar-refractivity contribution in [1.82, 2.24) is 20.3 Å². The predicted molar refractivity (Wildman–Crippen MR) is 134 cm³/mol. The van der Waals surface area contributed by atoms with Crippen molar-refractivity contribution in [3.05, 3.63) is 78.3 Å². The van der Waals surface area contributed by atoms with Gasteiger partial charge in [0.25, 0.3) is 0 Å². The van der Waals surface area contributed by atoms with E-state index in [1.807, 2.05) is 55.5 Å². The zero-order chi connectivity index (χ0) is 24.6. The summed E-state index contributed by atoms with van der Waals surface area (Å²) in [7, 11) is 1.57. The van der Waals surface area contributed by atoms with Gasteiger partial charge in [-0.05, 0) is 54.4 Å². The summed E-state index contributed by atoms with van der Waals surface area (Å²) in [5, 5.41) is 15.6. The Morgan fingerprint density at radius 2 is 1.97 bits per heavy atom. The van der Waals surface area contributed by atoms with Crippen molar-refractivity contribution < 1.29 is 19.4 Å². The molecule has 35 heavy (non-hydrogen) atoms. The minimum absolute atomic E-state index is 0.327. The molecule has 9 heteroatoms. The molecule has 4 aromatic rings. The van der Waals surface area contributed by atoms with E-state index in [-0.39, 0.29) is 0 Å². The van der Waals surface area contributed by atoms with E-state index in [0.29, 0.717) is 24.0 Å². The Kier molecular flexibility index (Phi) is 7.49. The molecule has 0 spiro atoms. The van der Waals surface area contributed by atoms with E-state index in [2.05, 4.69) is 25.6 Å². The van der Waals surface area contributed by atoms with Gasteiger partial charge < -0.3 is 25.2 Å². The molecule has 3 N–H and O–H groups in total. The maximum Gasteiger partial charge on any atom is 0.245 e. The van der Waals surface area contributed by atoms with Crippen LogP contribution in [0.2, 0.25) is 0 Å². The van der Waals surface area contributed by atoms with Crippen LogP contribution in [0.15, 0.2) is 67.1 Å². The monoisotopic (exact) mass is 471 g/mol. The SMILES string of the molecule is COc1ccc(Oc2ccc(Nc3ncnc4ccc(/C=C/CNC(=O)CO)cc34)cc2C)cn1. The van der Waals surface area contributed by atoms with E-state index in [0.717, 1.165) is 33.5 Å². The Morgan fingerprint density at radius 1 is 1.09 bits per heavy atom. The first-order valence-electron chi connectivity index (χ1n) is 10.9. The van der Waals surface area contributed by atoms with Crippen molar-refractivity contribution in [2.75, 3.05) is 25.6 Å². The van der Waals surface area contributed by atoms with Gasteiger partial charge in [-0.3, -0.25) is 4.79 Å². The van der Waals surface area contributed by atoms with Gasteiger partial charge in [0.1, 0.15) is 30.3 Å². The molecule has 0 atom stereocenters. The van der Waals surface area contributed by atoms with Gasteiger partial charge >= 0.3 is 0 Å². The molecular formula is C26H25N5O4. The molecule has 0 fully saturated rings. The fourth-order valence-corrected chi connectivity index (χ4v) is 3.35. The number of fused-ring (bicyclic) bond motifs is 1. The number of hydrogen-bond acceptors (Lipinski definition) is 8. The highest BCUT2D eigenvalue weighted by molar-refractivity contribution is 5.92. The van der Waals surface area contributed by atoms with Crippen LogP contribution in [-0.4, -0.2) is 46.2 Å². The van der Waals surface area contributed by atoms with Crippen molar-refractivity contribution in [3.63, 3.8) is 0 Å². The fraction of sp³-hybridized carbons (Fsp3) is 0.154. The van der Waals surface area contributed by atoms with Crippen molar-refractivity contribution in [2.24, 2.45) is 0 Å². The number of benzene rings is 2. The Labute approximate surface area is 202 Å². The van der Waals surface area contributed by atoms with Crippen LogP contribution < -0.4 is 20.1 Å². The number of rotatable bonds is 9. The van der Waals surface area contributed by atoms with Gasteiger partial charge in [-0.1, -0.05) is 18.2 Å². The second-order valence-corrected chi connectivity index (χ2v) is 7.61. The van der Waals surface area contributed by atoms with E-state index in [1.165, 1.54) is 6.33 Å². The molecule has 0 aliphatic carbocycles. The third-order valence-corrected chi connectivity index (χ3v) is 5.11. The Hall–Kier alpha value is -4.50. The van der Waals surface area contributed by atoms with Crippen molar-refractivity contribution in [2.45, 2.75) is 6.92 Å². The molecule has 2 aromatic heterocycles. The summed E-state index contributed by atoms with van der Waals surface area (Å²) in [4.78, 5) is 24.1. The molecule has 2 heterocycles. The van der Waals surface area contributed by atoms with Crippen LogP contribution in [0.25, 0.3) is 17.0 Å². The average molecular weight is 472 g/mol. The summed E-state index contributed by atoms with van der Waals surface area (Å²) >= 11 is 0. The molecule has 2 aromatic carbocycles. The van der Waals surface area contributed by atoms with E-state index >= 15 is 0 Å². The van der Waals surface area contributed by atoms with Gasteiger partial charge in [0.15, 0.2) is 0 Å². The number of carbonyl (C=O) groups excluding carboxylic acids is 1. The second-order valence-electron chi connectivity index (χ2n) is 7.61. The molecule has 178 valence electrons. The lowest BCUT2D eigenvalue weighted by molar-refractivity contribution is -0.123. The lowest BCUT2D eigenvalue weighted by Crippen LogP contribution is -2.25. The standard InChI is InChI=1S/C26H25N5O4/c1-17-12-19(6-9-23(17)35-20-7-10-25(34-2)28-14-20)31-26-21-13-18(4-3-11-27-24(33)15-32)5-8-22(21)29-16-30-26/h3-10,12-14,16,32H,11,15H2,1-2H3,(H,27,33)(H,29,30,31)/b4-3+. The third kappa shape index (κ3) is 6.10. The third-order valence-electron chi connectivity index (χ3n) is 5.11. The molecule has 1 amide bonds. The Morgan fingerprint density at radius 3 is 2.71 bits per heavy atom. The van der Waals surface area contributed by atoms with Crippen LogP contribution >= 0.6 is 0 Å². The van der Waals surface area contributed by atoms with E-state index in [9.17, 15) is 4.79 Å². The first kappa shape index (κ1) is 23.7. The molecule has 0 radical (unpaired) electrons. The molecule has 0 aliphatic rings. The summed E-state index contributed by atoms with van der Waals surface area (Å²) in [6.45, 7) is 1.77. The van der Waals surface area contributed by atoms with Gasteiger partial charge in [0.2, 0.25) is 11.8 Å². The number of aliphatic hydroxyl groups excluding tert-OH is 1. The van der Waals surface area contributed by atoms with E-state index in [4.69, 9.17) is 14.6 Å². The predicted octanol–water partition coefficient (Wildman–Crippen LogP) is 4.00. The van der Waals surface area contributed by atoms with Gasteiger partial charge in [-0.2, -0.15) is 0 Å². The summed E-state index contributed by atoms with van der Waals surface area (Å²) in [5.41, 5.74) is 3.53. The second kappa shape index (κ2) is 11.1. The summed E-state index contributed by atoms with van der Waals surface area (Å²) in [5.74, 6) is 2.12. The largest absolute Gasteiger partial charge is 0.481 e. The molecule has 0 unspecified atom stereocenters. The van der Waals surface area contributed by atoms with Crippen molar-refractivity contribution >= 4 is 34.4 Å². The lowest BCUT2D eigenvalue weighted by Gasteiger charge is -2.13. The van der Waals surface area contributed by atoms with Crippen LogP contribution in [0, 0.1) is 6.92 Å². The average Bonchev–Trinajstić information content (AvgIpc) is 2.88. The highest BCUT2D eigenvalue weighted by Crippen LogP contribution is 2.30. The van der Waals surface area contributed by atoms with Crippen LogP contribution in [0.3, 0.4) is 0 Å². The molecular weight excluding hydrogens is 446 g/mol. The molecule has 9 nitrogen and oxygen atoms in total. The van der Waals surface area contributed by atoms with Crippen LogP contribution in [-0.2, 0) is 4.79 Å². The molecule has 0 aliphatic heterocycles. The minimum atomic E-state index is -0.526. The van der Waals surface area contributed by atoms with E-state index < -0.39 is 12.5 Å². The maximum absolute atomic E-state index is 11.1. The quantitative estimate of drug-likeness (QED) is 0.335. The lowest BCUT2D eigenvalue weighted by atomic mass is 10.1. The number of nitrogens with zero attached hydrogens (tertiary/aromatic N) is 3. The number of carbonyl (C=O) groups is 1. The van der Waals surface area contributed by atoms with Crippen LogP contribution in [0.1, 0.15) is 11.1 Å².